The summed E-state index contributed by atoms with van der Waals surface area (Å²) in [7, 11) is 0. The van der Waals surface area contributed by atoms with Crippen molar-refractivity contribution >= 4 is 5.78 Å². The summed E-state index contributed by atoms with van der Waals surface area (Å²) in [6.45, 7) is 3.74. The van der Waals surface area contributed by atoms with E-state index in [1.165, 1.54) is 11.1 Å². The number of carbonyl (C=O) groups is 1. The van der Waals surface area contributed by atoms with Crippen LogP contribution in [-0.4, -0.2) is 11.9 Å². The number of hydrogen-bond donors (Lipinski definition) is 0. The molecular weight excluding hydrogens is 236 g/mol. The fourth-order valence-electron chi connectivity index (χ4n) is 2.97. The number of benzene rings is 1. The van der Waals surface area contributed by atoms with E-state index in [1.807, 2.05) is 24.3 Å². The molecular formula is C17H18O2. The normalized spacial score (nSPS) is 29.5. The van der Waals surface area contributed by atoms with Crippen molar-refractivity contribution in [3.63, 3.8) is 0 Å². The number of Topliss-reactive ketones (excluding diaryl/α,β-unsaturated/α-hetero) is 1. The van der Waals surface area contributed by atoms with Gasteiger partial charge in [-0.3, -0.25) is 4.79 Å². The highest BCUT2D eigenvalue weighted by Crippen LogP contribution is 2.42. The molecule has 0 radical (unpaired) electrons. The Balaban J connectivity index is 1.89. The molecule has 0 aromatic heterocycles. The van der Waals surface area contributed by atoms with E-state index in [4.69, 9.17) is 4.74 Å². The van der Waals surface area contributed by atoms with Gasteiger partial charge in [-0.2, -0.15) is 0 Å². The van der Waals surface area contributed by atoms with Crippen LogP contribution < -0.4 is 0 Å². The maximum atomic E-state index is 11.8. The molecule has 3 rings (SSSR count). The predicted molar refractivity (Wildman–Crippen MR) is 74.7 cm³/mol. The maximum absolute atomic E-state index is 11.8. The van der Waals surface area contributed by atoms with Gasteiger partial charge in [-0.1, -0.05) is 49.4 Å². The Morgan fingerprint density at radius 1 is 1.21 bits per heavy atom. The molecule has 1 aromatic carbocycles. The average molecular weight is 254 g/mol. The molecule has 1 fully saturated rings. The van der Waals surface area contributed by atoms with E-state index in [9.17, 15) is 4.79 Å². The minimum atomic E-state index is -0.126. The molecule has 1 heterocycles. The molecule has 98 valence electrons. The Morgan fingerprint density at radius 3 is 2.63 bits per heavy atom. The van der Waals surface area contributed by atoms with Crippen molar-refractivity contribution in [2.45, 2.75) is 32.5 Å². The fourth-order valence-corrected chi connectivity index (χ4v) is 2.97. The van der Waals surface area contributed by atoms with Crippen LogP contribution in [0, 0.1) is 5.92 Å². The summed E-state index contributed by atoms with van der Waals surface area (Å²) in [5.74, 6) is 0.444. The van der Waals surface area contributed by atoms with E-state index < -0.39 is 0 Å². The van der Waals surface area contributed by atoms with Gasteiger partial charge in [0, 0.05) is 12.0 Å². The Hall–Kier alpha value is -1.67. The van der Waals surface area contributed by atoms with Crippen molar-refractivity contribution < 1.29 is 9.53 Å². The monoisotopic (exact) mass is 254 g/mol. The Kier molecular flexibility index (Phi) is 3.11. The first-order valence-corrected chi connectivity index (χ1v) is 6.79. The molecule has 1 aliphatic heterocycles. The van der Waals surface area contributed by atoms with E-state index in [0.717, 1.165) is 12.0 Å². The smallest absolute Gasteiger partial charge is 0.158 e. The van der Waals surface area contributed by atoms with Crippen molar-refractivity contribution in [2.24, 2.45) is 5.92 Å². The van der Waals surface area contributed by atoms with E-state index in [2.05, 4.69) is 25.1 Å². The Bertz CT molecular complexity index is 554. The van der Waals surface area contributed by atoms with Gasteiger partial charge in [0.15, 0.2) is 5.78 Å². The SMILES string of the molecule is CC(=O)C1=C[C@@H](C)C=C2C[C@H](c3ccccc3)O[C@H]21. The van der Waals surface area contributed by atoms with Crippen LogP contribution in [0.1, 0.15) is 31.9 Å². The highest BCUT2D eigenvalue weighted by Gasteiger charge is 2.36. The third-order valence-electron chi connectivity index (χ3n) is 3.84. The van der Waals surface area contributed by atoms with Crippen LogP contribution in [-0.2, 0) is 9.53 Å². The minimum Gasteiger partial charge on any atom is -0.361 e. The number of hydrogen-bond acceptors (Lipinski definition) is 2. The second kappa shape index (κ2) is 4.78. The van der Waals surface area contributed by atoms with Crippen LogP contribution >= 0.6 is 0 Å². The quantitative estimate of drug-likeness (QED) is 0.754. The van der Waals surface area contributed by atoms with Crippen LogP contribution in [0.15, 0.2) is 53.6 Å². The van der Waals surface area contributed by atoms with Crippen molar-refractivity contribution in [1.82, 2.24) is 0 Å². The van der Waals surface area contributed by atoms with Crippen LogP contribution in [0.2, 0.25) is 0 Å². The molecule has 1 saturated heterocycles. The molecule has 19 heavy (non-hydrogen) atoms. The molecule has 0 saturated carbocycles. The molecule has 0 amide bonds. The first kappa shape index (κ1) is 12.4. The van der Waals surface area contributed by atoms with Gasteiger partial charge in [0.25, 0.3) is 0 Å². The van der Waals surface area contributed by atoms with Gasteiger partial charge < -0.3 is 4.74 Å². The van der Waals surface area contributed by atoms with Gasteiger partial charge in [-0.15, -0.1) is 0 Å². The number of carbonyl (C=O) groups excluding carboxylic acids is 1. The number of fused-ring (bicyclic) bond motifs is 1. The molecule has 0 N–H and O–H groups in total. The summed E-state index contributed by atoms with van der Waals surface area (Å²) < 4.78 is 6.12. The molecule has 3 atom stereocenters. The summed E-state index contributed by atoms with van der Waals surface area (Å²) in [6.07, 6.45) is 5.11. The fraction of sp³-hybridized carbons (Fsp3) is 0.353. The molecule has 2 heteroatoms. The van der Waals surface area contributed by atoms with Crippen molar-refractivity contribution in [2.75, 3.05) is 0 Å². The molecule has 2 nitrogen and oxygen atoms in total. The van der Waals surface area contributed by atoms with Crippen molar-refractivity contribution in [1.29, 1.82) is 0 Å². The number of allylic oxidation sites excluding steroid dienone is 2. The molecule has 1 aromatic rings. The lowest BCUT2D eigenvalue weighted by Gasteiger charge is -2.21. The summed E-state index contributed by atoms with van der Waals surface area (Å²) in [4.78, 5) is 11.8. The zero-order valence-corrected chi connectivity index (χ0v) is 11.3. The summed E-state index contributed by atoms with van der Waals surface area (Å²) in [5, 5.41) is 0. The third kappa shape index (κ3) is 2.28. The zero-order valence-electron chi connectivity index (χ0n) is 11.3. The van der Waals surface area contributed by atoms with Gasteiger partial charge in [0.1, 0.15) is 6.10 Å². The first-order chi connectivity index (χ1) is 9.15. The lowest BCUT2D eigenvalue weighted by molar-refractivity contribution is -0.114. The predicted octanol–water partition coefficient (Wildman–Crippen LogP) is 3.61. The molecule has 2 aliphatic rings. The van der Waals surface area contributed by atoms with Crippen LogP contribution in [0.5, 0.6) is 0 Å². The molecule has 0 unspecified atom stereocenters. The zero-order chi connectivity index (χ0) is 13.4. The van der Waals surface area contributed by atoms with Gasteiger partial charge >= 0.3 is 0 Å². The van der Waals surface area contributed by atoms with E-state index in [0.29, 0.717) is 5.92 Å². The molecule has 0 bridgehead atoms. The highest BCUT2D eigenvalue weighted by atomic mass is 16.5. The van der Waals surface area contributed by atoms with E-state index in [1.54, 1.807) is 6.92 Å². The van der Waals surface area contributed by atoms with Gasteiger partial charge in [-0.25, -0.2) is 0 Å². The Morgan fingerprint density at radius 2 is 1.95 bits per heavy atom. The van der Waals surface area contributed by atoms with Gasteiger partial charge in [0.2, 0.25) is 0 Å². The number of ether oxygens (including phenoxy) is 1. The minimum absolute atomic E-state index is 0.0745. The molecule has 1 aliphatic carbocycles. The van der Waals surface area contributed by atoms with Crippen molar-refractivity contribution in [3.8, 4) is 0 Å². The van der Waals surface area contributed by atoms with Crippen LogP contribution in [0.4, 0.5) is 0 Å². The summed E-state index contributed by atoms with van der Waals surface area (Å²) in [5.41, 5.74) is 3.27. The number of rotatable bonds is 2. The lowest BCUT2D eigenvalue weighted by Crippen LogP contribution is -2.21. The van der Waals surface area contributed by atoms with Crippen LogP contribution in [0.25, 0.3) is 0 Å². The number of ketones is 1. The van der Waals surface area contributed by atoms with Gasteiger partial charge in [0.05, 0.1) is 6.10 Å². The largest absolute Gasteiger partial charge is 0.361 e. The highest BCUT2D eigenvalue weighted by molar-refractivity contribution is 5.95. The third-order valence-corrected chi connectivity index (χ3v) is 3.84. The summed E-state index contributed by atoms with van der Waals surface area (Å²) >= 11 is 0. The lowest BCUT2D eigenvalue weighted by atomic mass is 9.87. The van der Waals surface area contributed by atoms with E-state index in [-0.39, 0.29) is 18.0 Å². The summed E-state index contributed by atoms with van der Waals surface area (Å²) in [6, 6.07) is 10.2. The topological polar surface area (TPSA) is 26.3 Å². The first-order valence-electron chi connectivity index (χ1n) is 6.79. The molecule has 0 spiro atoms. The van der Waals surface area contributed by atoms with Crippen LogP contribution in [0.3, 0.4) is 0 Å². The standard InChI is InChI=1S/C17H18O2/c1-11-8-14-10-16(13-6-4-3-5-7-13)19-17(14)15(9-11)12(2)18/h3-9,11,16-17H,10H2,1-2H3/t11-,16+,17+/m0/s1. The Labute approximate surface area is 113 Å². The van der Waals surface area contributed by atoms with Gasteiger partial charge in [-0.05, 0) is 24.0 Å². The second-order valence-electron chi connectivity index (χ2n) is 5.40. The average Bonchev–Trinajstić information content (AvgIpc) is 2.82. The van der Waals surface area contributed by atoms with Crippen molar-refractivity contribution in [3.05, 3.63) is 59.2 Å². The second-order valence-corrected chi connectivity index (χ2v) is 5.40. The maximum Gasteiger partial charge on any atom is 0.158 e. The van der Waals surface area contributed by atoms with E-state index >= 15 is 0 Å².